The Bertz CT molecular complexity index is 1190. The van der Waals surface area contributed by atoms with Crippen molar-refractivity contribution in [3.63, 3.8) is 0 Å². The lowest BCUT2D eigenvalue weighted by atomic mass is 10.2. The second-order valence-electron chi connectivity index (χ2n) is 7.41. The van der Waals surface area contributed by atoms with Gasteiger partial charge in [0.25, 0.3) is 5.56 Å². The van der Waals surface area contributed by atoms with E-state index in [-0.39, 0.29) is 23.3 Å². The molecule has 1 saturated heterocycles. The third-order valence-electron chi connectivity index (χ3n) is 5.08. The molecule has 3 aromatic rings. The summed E-state index contributed by atoms with van der Waals surface area (Å²) in [7, 11) is 0. The molecule has 1 aromatic heterocycles. The predicted octanol–water partition coefficient (Wildman–Crippen LogP) is 4.92. The average Bonchev–Trinajstić information content (AvgIpc) is 3.24. The summed E-state index contributed by atoms with van der Waals surface area (Å²) >= 11 is 13.4. The van der Waals surface area contributed by atoms with E-state index in [4.69, 9.17) is 27.9 Å². The number of aromatic nitrogens is 2. The Morgan fingerprint density at radius 2 is 2.13 bits per heavy atom. The molecule has 4 rings (SSSR count). The number of amides is 1. The minimum atomic E-state index is -0.214. The van der Waals surface area contributed by atoms with E-state index in [0.717, 1.165) is 18.4 Å². The summed E-state index contributed by atoms with van der Waals surface area (Å²) in [6.07, 6.45) is 1.83. The largest absolute Gasteiger partial charge is 0.376 e. The normalized spacial score (nSPS) is 16.0. The van der Waals surface area contributed by atoms with E-state index < -0.39 is 0 Å². The van der Waals surface area contributed by atoms with E-state index in [1.54, 1.807) is 34.9 Å². The van der Waals surface area contributed by atoms with Crippen molar-refractivity contribution < 1.29 is 9.53 Å². The highest BCUT2D eigenvalue weighted by Crippen LogP contribution is 2.24. The summed E-state index contributed by atoms with van der Waals surface area (Å²) in [5, 5.41) is 4.87. The molecular formula is C22H21Cl2N3O3S. The number of halogens is 2. The van der Waals surface area contributed by atoms with Crippen LogP contribution in [0.2, 0.25) is 10.0 Å². The number of nitrogens with one attached hydrogen (secondary N) is 1. The number of hydrogen-bond donors (Lipinski definition) is 1. The van der Waals surface area contributed by atoms with Gasteiger partial charge < -0.3 is 10.1 Å². The maximum atomic E-state index is 13.1. The first-order valence-electron chi connectivity index (χ1n) is 9.91. The third kappa shape index (κ3) is 5.23. The first kappa shape index (κ1) is 22.1. The number of carbonyl (C=O) groups excluding carboxylic acids is 1. The molecule has 1 aliphatic rings. The summed E-state index contributed by atoms with van der Waals surface area (Å²) in [6, 6.07) is 10.4. The number of ether oxygens (including phenoxy) is 1. The van der Waals surface area contributed by atoms with Gasteiger partial charge in [-0.15, -0.1) is 0 Å². The topological polar surface area (TPSA) is 73.2 Å². The van der Waals surface area contributed by atoms with Crippen molar-refractivity contribution >= 4 is 57.5 Å². The SMILES string of the molecule is Cc1ccc(NC(=O)CSc2nc3cc(Cl)ccc3c(=O)n2CC2CCCO2)cc1Cl. The van der Waals surface area contributed by atoms with Crippen LogP contribution in [0.3, 0.4) is 0 Å². The molecular weight excluding hydrogens is 457 g/mol. The van der Waals surface area contributed by atoms with Crippen molar-refractivity contribution in [1.82, 2.24) is 9.55 Å². The van der Waals surface area contributed by atoms with E-state index in [1.807, 2.05) is 13.0 Å². The first-order valence-corrected chi connectivity index (χ1v) is 11.7. The Kier molecular flexibility index (Phi) is 6.86. The lowest BCUT2D eigenvalue weighted by Gasteiger charge is -2.16. The first-order chi connectivity index (χ1) is 14.9. The number of anilines is 1. The van der Waals surface area contributed by atoms with E-state index in [1.165, 1.54) is 11.8 Å². The zero-order valence-electron chi connectivity index (χ0n) is 16.9. The van der Waals surface area contributed by atoms with Crippen LogP contribution in [0.5, 0.6) is 0 Å². The lowest BCUT2D eigenvalue weighted by molar-refractivity contribution is -0.113. The van der Waals surface area contributed by atoms with Gasteiger partial charge in [0.15, 0.2) is 5.16 Å². The molecule has 1 N–H and O–H groups in total. The molecule has 162 valence electrons. The van der Waals surface area contributed by atoms with Gasteiger partial charge in [0.05, 0.1) is 29.3 Å². The zero-order valence-corrected chi connectivity index (χ0v) is 19.2. The van der Waals surface area contributed by atoms with E-state index in [9.17, 15) is 9.59 Å². The molecule has 0 radical (unpaired) electrons. The smallest absolute Gasteiger partial charge is 0.262 e. The van der Waals surface area contributed by atoms with Crippen molar-refractivity contribution in [3.8, 4) is 0 Å². The number of benzene rings is 2. The van der Waals surface area contributed by atoms with Gasteiger partial charge >= 0.3 is 0 Å². The Balaban J connectivity index is 1.57. The van der Waals surface area contributed by atoms with Crippen molar-refractivity contribution in [1.29, 1.82) is 0 Å². The van der Waals surface area contributed by atoms with E-state index in [2.05, 4.69) is 10.3 Å². The summed E-state index contributed by atoms with van der Waals surface area (Å²) < 4.78 is 7.32. The molecule has 6 nitrogen and oxygen atoms in total. The molecule has 9 heteroatoms. The molecule has 1 atom stereocenters. The quantitative estimate of drug-likeness (QED) is 0.402. The highest BCUT2D eigenvalue weighted by atomic mass is 35.5. The summed E-state index contributed by atoms with van der Waals surface area (Å²) in [5.41, 5.74) is 1.90. The lowest BCUT2D eigenvalue weighted by Crippen LogP contribution is -2.29. The number of fused-ring (bicyclic) bond motifs is 1. The van der Waals surface area contributed by atoms with Crippen molar-refractivity contribution in [2.45, 2.75) is 37.6 Å². The van der Waals surface area contributed by atoms with Crippen LogP contribution in [0.15, 0.2) is 46.3 Å². The Morgan fingerprint density at radius 1 is 1.29 bits per heavy atom. The molecule has 1 aliphatic heterocycles. The van der Waals surface area contributed by atoms with Gasteiger partial charge in [0, 0.05) is 22.3 Å². The molecule has 1 fully saturated rings. The van der Waals surface area contributed by atoms with Gasteiger partial charge in [0.1, 0.15) is 0 Å². The Morgan fingerprint density at radius 3 is 2.87 bits per heavy atom. The Labute approximate surface area is 193 Å². The van der Waals surface area contributed by atoms with Gasteiger partial charge in [0.2, 0.25) is 5.91 Å². The second kappa shape index (κ2) is 9.61. The number of carbonyl (C=O) groups is 1. The summed E-state index contributed by atoms with van der Waals surface area (Å²) in [4.78, 5) is 30.3. The molecule has 1 amide bonds. The van der Waals surface area contributed by atoms with Crippen LogP contribution in [0.1, 0.15) is 18.4 Å². The van der Waals surface area contributed by atoms with Crippen LogP contribution in [-0.2, 0) is 16.1 Å². The van der Waals surface area contributed by atoms with Crippen LogP contribution in [0.25, 0.3) is 10.9 Å². The van der Waals surface area contributed by atoms with Gasteiger partial charge in [-0.05, 0) is 55.7 Å². The third-order valence-corrected chi connectivity index (χ3v) is 6.70. The maximum Gasteiger partial charge on any atom is 0.262 e. The van der Waals surface area contributed by atoms with Crippen LogP contribution in [-0.4, -0.2) is 33.9 Å². The van der Waals surface area contributed by atoms with Crippen molar-refractivity contribution in [2.75, 3.05) is 17.7 Å². The number of thioether (sulfide) groups is 1. The molecule has 2 heterocycles. The van der Waals surface area contributed by atoms with Gasteiger partial charge in [-0.1, -0.05) is 41.0 Å². The van der Waals surface area contributed by atoms with Gasteiger partial charge in [-0.3, -0.25) is 14.2 Å². The van der Waals surface area contributed by atoms with Crippen molar-refractivity contribution in [3.05, 3.63) is 62.4 Å². The fourth-order valence-corrected chi connectivity index (χ4v) is 4.59. The summed E-state index contributed by atoms with van der Waals surface area (Å²) in [5.74, 6) is -0.121. The highest BCUT2D eigenvalue weighted by molar-refractivity contribution is 7.99. The molecule has 0 bridgehead atoms. The number of aryl methyl sites for hydroxylation is 1. The predicted molar refractivity (Wildman–Crippen MR) is 126 cm³/mol. The van der Waals surface area contributed by atoms with E-state index >= 15 is 0 Å². The highest BCUT2D eigenvalue weighted by Gasteiger charge is 2.21. The number of rotatable bonds is 6. The molecule has 2 aromatic carbocycles. The monoisotopic (exact) mass is 477 g/mol. The minimum absolute atomic E-state index is 0.0351. The zero-order chi connectivity index (χ0) is 22.0. The maximum absolute atomic E-state index is 13.1. The molecule has 1 unspecified atom stereocenters. The molecule has 0 spiro atoms. The van der Waals surface area contributed by atoms with Crippen LogP contribution >= 0.6 is 35.0 Å². The van der Waals surface area contributed by atoms with Crippen LogP contribution < -0.4 is 10.9 Å². The van der Waals surface area contributed by atoms with Gasteiger partial charge in [-0.25, -0.2) is 4.98 Å². The van der Waals surface area contributed by atoms with Crippen molar-refractivity contribution in [2.24, 2.45) is 0 Å². The molecule has 0 aliphatic carbocycles. The van der Waals surface area contributed by atoms with E-state index in [0.29, 0.717) is 44.9 Å². The fraction of sp³-hybridized carbons (Fsp3) is 0.318. The average molecular weight is 478 g/mol. The number of hydrogen-bond acceptors (Lipinski definition) is 5. The second-order valence-corrected chi connectivity index (χ2v) is 9.19. The summed E-state index contributed by atoms with van der Waals surface area (Å²) in [6.45, 7) is 3.00. The molecule has 0 saturated carbocycles. The minimum Gasteiger partial charge on any atom is -0.376 e. The van der Waals surface area contributed by atoms with Gasteiger partial charge in [-0.2, -0.15) is 0 Å². The van der Waals surface area contributed by atoms with Crippen LogP contribution in [0.4, 0.5) is 5.69 Å². The fourth-order valence-electron chi connectivity index (χ4n) is 3.43. The Hall–Kier alpha value is -2.06. The molecule has 31 heavy (non-hydrogen) atoms. The van der Waals surface area contributed by atoms with Crippen LogP contribution in [0, 0.1) is 6.92 Å². The standard InChI is InChI=1S/C22H21Cl2N3O3S/c1-13-4-6-15(10-18(13)24)25-20(28)12-31-22-26-19-9-14(23)5-7-17(19)21(29)27(22)11-16-3-2-8-30-16/h4-7,9-10,16H,2-3,8,11-12H2,1H3,(H,25,28). The number of nitrogens with zero attached hydrogens (tertiary/aromatic N) is 2.